The first-order valence-electron chi connectivity index (χ1n) is 7.46. The Morgan fingerprint density at radius 1 is 1.13 bits per heavy atom. The summed E-state index contributed by atoms with van der Waals surface area (Å²) in [6.07, 6.45) is 0. The van der Waals surface area contributed by atoms with Crippen molar-refractivity contribution in [1.82, 2.24) is 10.2 Å². The van der Waals surface area contributed by atoms with Crippen molar-refractivity contribution in [1.29, 1.82) is 0 Å². The fourth-order valence-corrected chi connectivity index (χ4v) is 2.44. The van der Waals surface area contributed by atoms with Crippen LogP contribution >= 0.6 is 15.9 Å². The van der Waals surface area contributed by atoms with Crippen LogP contribution in [0.15, 0.2) is 53.0 Å². The van der Waals surface area contributed by atoms with Crippen molar-refractivity contribution in [3.05, 3.63) is 64.1 Å². The van der Waals surface area contributed by atoms with Gasteiger partial charge >= 0.3 is 0 Å². The summed E-state index contributed by atoms with van der Waals surface area (Å²) in [6.45, 7) is 1.81. The van der Waals surface area contributed by atoms with Crippen molar-refractivity contribution in [2.75, 3.05) is 27.2 Å². The number of benzene rings is 2. The fourth-order valence-electron chi connectivity index (χ4n) is 2.04. The second kappa shape index (κ2) is 8.70. The van der Waals surface area contributed by atoms with Gasteiger partial charge in [-0.2, -0.15) is 0 Å². The third-order valence-corrected chi connectivity index (χ3v) is 4.09. The minimum atomic E-state index is -0.116. The van der Waals surface area contributed by atoms with E-state index in [9.17, 15) is 4.79 Å². The standard InChI is InChI=1S/C18H21BrN2O2/c1-21(2)12-11-20-18(22)15-8-4-6-10-17(15)23-13-14-7-3-5-9-16(14)19/h3-10H,11-13H2,1-2H3,(H,20,22). The number of likely N-dealkylation sites (N-methyl/N-ethyl adjacent to an activating group) is 1. The number of rotatable bonds is 7. The van der Waals surface area contributed by atoms with Crippen molar-refractivity contribution in [2.45, 2.75) is 6.61 Å². The number of para-hydroxylation sites is 1. The Balaban J connectivity index is 2.02. The van der Waals surface area contributed by atoms with Crippen LogP contribution in [0.5, 0.6) is 5.75 Å². The van der Waals surface area contributed by atoms with Gasteiger partial charge in [0.1, 0.15) is 12.4 Å². The molecule has 0 saturated heterocycles. The molecular formula is C18H21BrN2O2. The Morgan fingerprint density at radius 2 is 1.83 bits per heavy atom. The van der Waals surface area contributed by atoms with E-state index >= 15 is 0 Å². The number of carbonyl (C=O) groups is 1. The second-order valence-corrected chi connectivity index (χ2v) is 6.29. The van der Waals surface area contributed by atoms with Gasteiger partial charge in [0.2, 0.25) is 0 Å². The Bertz CT molecular complexity index is 659. The van der Waals surface area contributed by atoms with Gasteiger partial charge in [0.15, 0.2) is 0 Å². The monoisotopic (exact) mass is 376 g/mol. The van der Waals surface area contributed by atoms with Gasteiger partial charge in [-0.25, -0.2) is 0 Å². The average molecular weight is 377 g/mol. The number of ether oxygens (including phenoxy) is 1. The average Bonchev–Trinajstić information content (AvgIpc) is 2.54. The number of halogens is 1. The highest BCUT2D eigenvalue weighted by atomic mass is 79.9. The summed E-state index contributed by atoms with van der Waals surface area (Å²) in [4.78, 5) is 14.3. The van der Waals surface area contributed by atoms with Gasteiger partial charge in [-0.05, 0) is 32.3 Å². The zero-order valence-corrected chi connectivity index (χ0v) is 15.0. The maximum absolute atomic E-state index is 12.3. The van der Waals surface area contributed by atoms with Gasteiger partial charge in [-0.15, -0.1) is 0 Å². The number of nitrogens with zero attached hydrogens (tertiary/aromatic N) is 1. The topological polar surface area (TPSA) is 41.6 Å². The third kappa shape index (κ3) is 5.37. The van der Waals surface area contributed by atoms with E-state index in [1.54, 1.807) is 6.07 Å². The molecule has 0 aliphatic rings. The molecule has 0 aliphatic heterocycles. The van der Waals surface area contributed by atoms with Gasteiger partial charge in [-0.3, -0.25) is 4.79 Å². The third-order valence-electron chi connectivity index (χ3n) is 3.32. The Labute approximate surface area is 145 Å². The van der Waals surface area contributed by atoms with Gasteiger partial charge in [0.05, 0.1) is 5.56 Å². The van der Waals surface area contributed by atoms with Gasteiger partial charge in [0.25, 0.3) is 5.91 Å². The fraction of sp³-hybridized carbons (Fsp3) is 0.278. The van der Waals surface area contributed by atoms with E-state index in [0.717, 1.165) is 16.6 Å². The molecule has 2 aromatic carbocycles. The molecule has 5 heteroatoms. The molecule has 0 saturated carbocycles. The van der Waals surface area contributed by atoms with Crippen LogP contribution in [0.1, 0.15) is 15.9 Å². The molecule has 2 aromatic rings. The molecule has 0 spiro atoms. The van der Waals surface area contributed by atoms with Crippen LogP contribution in [0, 0.1) is 0 Å². The largest absolute Gasteiger partial charge is 0.488 e. The number of carbonyl (C=O) groups excluding carboxylic acids is 1. The van der Waals surface area contributed by atoms with Crippen LogP contribution in [0.4, 0.5) is 0 Å². The first kappa shape index (κ1) is 17.5. The minimum absolute atomic E-state index is 0.116. The predicted molar refractivity (Wildman–Crippen MR) is 95.8 cm³/mol. The van der Waals surface area contributed by atoms with Crippen molar-refractivity contribution in [3.63, 3.8) is 0 Å². The van der Waals surface area contributed by atoms with E-state index in [0.29, 0.717) is 24.5 Å². The molecule has 0 aromatic heterocycles. The molecular weight excluding hydrogens is 356 g/mol. The van der Waals surface area contributed by atoms with Crippen LogP contribution in [0.2, 0.25) is 0 Å². The number of nitrogens with one attached hydrogen (secondary N) is 1. The molecule has 0 aliphatic carbocycles. The smallest absolute Gasteiger partial charge is 0.255 e. The number of hydrogen-bond donors (Lipinski definition) is 1. The zero-order chi connectivity index (χ0) is 16.7. The van der Waals surface area contributed by atoms with Crippen molar-refractivity contribution >= 4 is 21.8 Å². The van der Waals surface area contributed by atoms with E-state index < -0.39 is 0 Å². The van der Waals surface area contributed by atoms with E-state index in [1.807, 2.05) is 61.5 Å². The van der Waals surface area contributed by atoms with Crippen molar-refractivity contribution < 1.29 is 9.53 Å². The normalized spacial score (nSPS) is 10.6. The predicted octanol–water partition coefficient (Wildman–Crippen LogP) is 3.32. The minimum Gasteiger partial charge on any atom is -0.488 e. The van der Waals surface area contributed by atoms with E-state index in [1.165, 1.54) is 0 Å². The maximum Gasteiger partial charge on any atom is 0.255 e. The summed E-state index contributed by atoms with van der Waals surface area (Å²) in [5, 5.41) is 2.91. The summed E-state index contributed by atoms with van der Waals surface area (Å²) >= 11 is 3.50. The van der Waals surface area contributed by atoms with Crippen molar-refractivity contribution in [3.8, 4) is 5.75 Å². The highest BCUT2D eigenvalue weighted by molar-refractivity contribution is 9.10. The van der Waals surface area contributed by atoms with Crippen molar-refractivity contribution in [2.24, 2.45) is 0 Å². The summed E-state index contributed by atoms with van der Waals surface area (Å²) in [5.41, 5.74) is 1.59. The first-order chi connectivity index (χ1) is 11.1. The lowest BCUT2D eigenvalue weighted by molar-refractivity contribution is 0.0946. The van der Waals surface area contributed by atoms with E-state index in [4.69, 9.17) is 4.74 Å². The van der Waals surface area contributed by atoms with Crippen LogP contribution in [0.3, 0.4) is 0 Å². The molecule has 0 unspecified atom stereocenters. The molecule has 23 heavy (non-hydrogen) atoms. The summed E-state index contributed by atoms with van der Waals surface area (Å²) < 4.78 is 6.84. The highest BCUT2D eigenvalue weighted by Gasteiger charge is 2.12. The highest BCUT2D eigenvalue weighted by Crippen LogP contribution is 2.22. The number of hydrogen-bond acceptors (Lipinski definition) is 3. The zero-order valence-electron chi connectivity index (χ0n) is 13.4. The van der Waals surface area contributed by atoms with Crippen LogP contribution < -0.4 is 10.1 Å². The summed E-state index contributed by atoms with van der Waals surface area (Å²) in [5.74, 6) is 0.472. The van der Waals surface area contributed by atoms with Crippen LogP contribution in [-0.2, 0) is 6.61 Å². The molecule has 1 amide bonds. The Hall–Kier alpha value is -1.85. The molecule has 0 radical (unpaired) electrons. The quantitative estimate of drug-likeness (QED) is 0.805. The summed E-state index contributed by atoms with van der Waals surface area (Å²) in [6, 6.07) is 15.2. The molecule has 0 heterocycles. The molecule has 0 bridgehead atoms. The van der Waals surface area contributed by atoms with E-state index in [2.05, 4.69) is 21.2 Å². The molecule has 0 fully saturated rings. The van der Waals surface area contributed by atoms with Crippen LogP contribution in [-0.4, -0.2) is 38.0 Å². The molecule has 2 rings (SSSR count). The molecule has 4 nitrogen and oxygen atoms in total. The van der Waals surface area contributed by atoms with Gasteiger partial charge in [0, 0.05) is 23.1 Å². The van der Waals surface area contributed by atoms with Gasteiger partial charge < -0.3 is 15.0 Å². The molecule has 1 N–H and O–H groups in total. The molecule has 122 valence electrons. The first-order valence-corrected chi connectivity index (χ1v) is 8.25. The lowest BCUT2D eigenvalue weighted by Crippen LogP contribution is -2.31. The second-order valence-electron chi connectivity index (χ2n) is 5.44. The Kier molecular flexibility index (Phi) is 6.62. The van der Waals surface area contributed by atoms with E-state index in [-0.39, 0.29) is 5.91 Å². The lowest BCUT2D eigenvalue weighted by atomic mass is 10.2. The maximum atomic E-state index is 12.3. The summed E-state index contributed by atoms with van der Waals surface area (Å²) in [7, 11) is 3.95. The lowest BCUT2D eigenvalue weighted by Gasteiger charge is -2.14. The molecule has 0 atom stereocenters. The van der Waals surface area contributed by atoms with Gasteiger partial charge in [-0.1, -0.05) is 46.3 Å². The number of amides is 1. The van der Waals surface area contributed by atoms with Crippen LogP contribution in [0.25, 0.3) is 0 Å². The SMILES string of the molecule is CN(C)CCNC(=O)c1ccccc1OCc1ccccc1Br. The Morgan fingerprint density at radius 3 is 2.57 bits per heavy atom.